The molecule has 2 fully saturated rings. The molecule has 4 rings (SSSR count). The summed E-state index contributed by atoms with van der Waals surface area (Å²) in [6, 6.07) is 2.90. The molecule has 2 atom stereocenters. The SMILES string of the molecule is O=C1NC2=CCC(c3ccco3)C=C2C(=O)N2CCN(C(=O)CO)CC12. The average molecular weight is 357 g/mol. The predicted octanol–water partition coefficient (Wildman–Crippen LogP) is -0.261. The quantitative estimate of drug-likeness (QED) is 0.759. The largest absolute Gasteiger partial charge is 0.469 e. The molecular weight excluding hydrogens is 338 g/mol. The highest BCUT2D eigenvalue weighted by atomic mass is 16.3. The molecule has 0 aromatic carbocycles. The minimum absolute atomic E-state index is 0.0570. The number of nitrogens with zero attached hydrogens (tertiary/aromatic N) is 2. The fourth-order valence-corrected chi connectivity index (χ4v) is 3.67. The van der Waals surface area contributed by atoms with Crippen molar-refractivity contribution in [2.75, 3.05) is 26.2 Å². The van der Waals surface area contributed by atoms with Crippen LogP contribution in [0.4, 0.5) is 0 Å². The lowest BCUT2D eigenvalue weighted by molar-refractivity contribution is -0.146. The number of furan rings is 1. The molecule has 136 valence electrons. The molecule has 0 spiro atoms. The Morgan fingerprint density at radius 2 is 2.19 bits per heavy atom. The second-order valence-corrected chi connectivity index (χ2v) is 6.56. The van der Waals surface area contributed by atoms with Gasteiger partial charge in [0.15, 0.2) is 0 Å². The van der Waals surface area contributed by atoms with Crippen molar-refractivity contribution in [2.45, 2.75) is 18.4 Å². The van der Waals surface area contributed by atoms with E-state index in [0.29, 0.717) is 24.2 Å². The van der Waals surface area contributed by atoms with E-state index in [-0.39, 0.29) is 30.8 Å². The maximum Gasteiger partial charge on any atom is 0.256 e. The molecule has 8 nitrogen and oxygen atoms in total. The Hall–Kier alpha value is -2.87. The standard InChI is InChI=1S/C18H19N3O5/c22-10-16(23)20-5-6-21-14(9-20)17(24)19-13-4-3-11(8-12(13)18(21)25)15-2-1-7-26-15/h1-2,4,7-8,11,14,22H,3,5-6,9-10H2,(H,19,24). The number of aliphatic hydroxyl groups is 1. The lowest BCUT2D eigenvalue weighted by Gasteiger charge is -2.39. The van der Waals surface area contributed by atoms with Crippen LogP contribution in [0.3, 0.4) is 0 Å². The Bertz CT molecular complexity index is 811. The number of allylic oxidation sites excluding steroid dienone is 2. The van der Waals surface area contributed by atoms with Gasteiger partial charge < -0.3 is 24.6 Å². The van der Waals surface area contributed by atoms with Crippen molar-refractivity contribution in [3.63, 3.8) is 0 Å². The summed E-state index contributed by atoms with van der Waals surface area (Å²) in [4.78, 5) is 40.4. The maximum atomic E-state index is 13.1. The van der Waals surface area contributed by atoms with Gasteiger partial charge in [0, 0.05) is 24.7 Å². The van der Waals surface area contributed by atoms with E-state index in [0.717, 1.165) is 5.76 Å². The molecule has 1 aromatic rings. The van der Waals surface area contributed by atoms with Crippen LogP contribution in [0.2, 0.25) is 0 Å². The minimum atomic E-state index is -0.763. The highest BCUT2D eigenvalue weighted by molar-refractivity contribution is 6.05. The van der Waals surface area contributed by atoms with Crippen molar-refractivity contribution in [2.24, 2.45) is 0 Å². The summed E-state index contributed by atoms with van der Waals surface area (Å²) in [7, 11) is 0. The number of hydrogen-bond donors (Lipinski definition) is 2. The molecule has 26 heavy (non-hydrogen) atoms. The van der Waals surface area contributed by atoms with Gasteiger partial charge in [-0.05, 0) is 18.6 Å². The first-order valence-corrected chi connectivity index (χ1v) is 8.54. The van der Waals surface area contributed by atoms with Gasteiger partial charge in [-0.2, -0.15) is 0 Å². The third kappa shape index (κ3) is 2.72. The van der Waals surface area contributed by atoms with Crippen molar-refractivity contribution >= 4 is 17.7 Å². The molecule has 0 bridgehead atoms. The van der Waals surface area contributed by atoms with Crippen LogP contribution < -0.4 is 5.32 Å². The summed E-state index contributed by atoms with van der Waals surface area (Å²) in [6.07, 6.45) is 5.90. The number of fused-ring (bicyclic) bond motifs is 2. The van der Waals surface area contributed by atoms with E-state index in [1.165, 1.54) is 9.80 Å². The summed E-state index contributed by atoms with van der Waals surface area (Å²) < 4.78 is 5.45. The van der Waals surface area contributed by atoms with Crippen LogP contribution >= 0.6 is 0 Å². The van der Waals surface area contributed by atoms with Crippen LogP contribution in [-0.4, -0.2) is 64.9 Å². The molecule has 1 aliphatic carbocycles. The molecule has 8 heteroatoms. The molecule has 2 unspecified atom stereocenters. The third-order valence-corrected chi connectivity index (χ3v) is 5.06. The van der Waals surface area contributed by atoms with Crippen LogP contribution in [0.15, 0.2) is 46.2 Å². The molecule has 3 heterocycles. The fourth-order valence-electron chi connectivity index (χ4n) is 3.67. The van der Waals surface area contributed by atoms with E-state index in [1.807, 2.05) is 18.2 Å². The third-order valence-electron chi connectivity index (χ3n) is 5.06. The van der Waals surface area contributed by atoms with Gasteiger partial charge in [-0.3, -0.25) is 14.4 Å². The molecule has 1 aromatic heterocycles. The van der Waals surface area contributed by atoms with E-state index < -0.39 is 18.6 Å². The molecule has 3 aliphatic rings. The van der Waals surface area contributed by atoms with E-state index in [1.54, 1.807) is 12.3 Å². The van der Waals surface area contributed by atoms with Gasteiger partial charge in [-0.25, -0.2) is 0 Å². The van der Waals surface area contributed by atoms with Gasteiger partial charge in [0.2, 0.25) is 11.8 Å². The molecule has 2 N–H and O–H groups in total. The number of piperazine rings is 1. The normalized spacial score (nSPS) is 25.6. The van der Waals surface area contributed by atoms with Gasteiger partial charge >= 0.3 is 0 Å². The first-order chi connectivity index (χ1) is 12.6. The van der Waals surface area contributed by atoms with Crippen LogP contribution in [0, 0.1) is 0 Å². The number of rotatable bonds is 2. The summed E-state index contributed by atoms with van der Waals surface area (Å²) in [5.74, 6) is -0.279. The highest BCUT2D eigenvalue weighted by Crippen LogP contribution is 2.33. The Balaban J connectivity index is 1.63. The highest BCUT2D eigenvalue weighted by Gasteiger charge is 2.42. The number of aliphatic hydroxyl groups excluding tert-OH is 1. The summed E-state index contributed by atoms with van der Waals surface area (Å²) >= 11 is 0. The topological polar surface area (TPSA) is 103 Å². The second-order valence-electron chi connectivity index (χ2n) is 6.56. The molecule has 2 saturated heterocycles. The first-order valence-electron chi connectivity index (χ1n) is 8.54. The number of hydrogen-bond acceptors (Lipinski definition) is 5. The number of nitrogens with one attached hydrogen (secondary N) is 1. The molecular formula is C18H19N3O5. The van der Waals surface area contributed by atoms with Crippen molar-refractivity contribution in [3.05, 3.63) is 47.6 Å². The van der Waals surface area contributed by atoms with E-state index in [4.69, 9.17) is 9.52 Å². The van der Waals surface area contributed by atoms with Crippen LogP contribution in [0.25, 0.3) is 0 Å². The summed E-state index contributed by atoms with van der Waals surface area (Å²) in [5.41, 5.74) is 0.965. The van der Waals surface area contributed by atoms with Gasteiger partial charge in [-0.15, -0.1) is 0 Å². The molecule has 0 saturated carbocycles. The van der Waals surface area contributed by atoms with Gasteiger partial charge in [0.1, 0.15) is 18.4 Å². The van der Waals surface area contributed by atoms with Crippen molar-refractivity contribution < 1.29 is 23.9 Å². The zero-order valence-corrected chi connectivity index (χ0v) is 14.1. The van der Waals surface area contributed by atoms with Gasteiger partial charge in [0.25, 0.3) is 5.91 Å². The van der Waals surface area contributed by atoms with Gasteiger partial charge in [-0.1, -0.05) is 12.2 Å². The Labute approximate surface area is 149 Å². The summed E-state index contributed by atoms with van der Waals surface area (Å²) in [5, 5.41) is 11.9. The Morgan fingerprint density at radius 3 is 2.92 bits per heavy atom. The molecule has 0 radical (unpaired) electrons. The Morgan fingerprint density at radius 1 is 1.35 bits per heavy atom. The van der Waals surface area contributed by atoms with E-state index >= 15 is 0 Å². The fraction of sp³-hybridized carbons (Fsp3) is 0.389. The average Bonchev–Trinajstić information content (AvgIpc) is 3.18. The zero-order valence-electron chi connectivity index (χ0n) is 14.1. The lowest BCUT2D eigenvalue weighted by Crippen LogP contribution is -2.60. The van der Waals surface area contributed by atoms with Gasteiger partial charge in [0.05, 0.1) is 18.4 Å². The van der Waals surface area contributed by atoms with Crippen molar-refractivity contribution in [1.82, 2.24) is 15.1 Å². The predicted molar refractivity (Wildman–Crippen MR) is 89.5 cm³/mol. The smallest absolute Gasteiger partial charge is 0.256 e. The van der Waals surface area contributed by atoms with Crippen molar-refractivity contribution in [3.8, 4) is 0 Å². The number of carbonyl (C=O) groups is 3. The lowest BCUT2D eigenvalue weighted by atomic mass is 9.91. The van der Waals surface area contributed by atoms with Crippen LogP contribution in [-0.2, 0) is 14.4 Å². The second kappa shape index (κ2) is 6.45. The number of amides is 3. The van der Waals surface area contributed by atoms with Crippen LogP contribution in [0.5, 0.6) is 0 Å². The number of carbonyl (C=O) groups excluding carboxylic acids is 3. The van der Waals surface area contributed by atoms with Crippen LogP contribution in [0.1, 0.15) is 18.1 Å². The summed E-state index contributed by atoms with van der Waals surface area (Å²) in [6.45, 7) is 0.0180. The van der Waals surface area contributed by atoms with E-state index in [2.05, 4.69) is 5.32 Å². The maximum absolute atomic E-state index is 13.1. The van der Waals surface area contributed by atoms with E-state index in [9.17, 15) is 14.4 Å². The monoisotopic (exact) mass is 357 g/mol. The Kier molecular flexibility index (Phi) is 4.12. The first kappa shape index (κ1) is 16.6. The minimum Gasteiger partial charge on any atom is -0.469 e. The zero-order chi connectivity index (χ0) is 18.3. The van der Waals surface area contributed by atoms with Crippen molar-refractivity contribution in [1.29, 1.82) is 0 Å². The molecule has 2 aliphatic heterocycles. The molecule has 3 amide bonds.